The van der Waals surface area contributed by atoms with Crippen LogP contribution < -0.4 is 4.90 Å². The van der Waals surface area contributed by atoms with E-state index in [9.17, 15) is 5.48 Å². The molecule has 9 aromatic carbocycles. The van der Waals surface area contributed by atoms with Crippen LogP contribution in [0.2, 0.25) is 0 Å². The molecule has 0 aliphatic heterocycles. The lowest BCUT2D eigenvalue weighted by atomic mass is 9.97. The van der Waals surface area contributed by atoms with Crippen LogP contribution in [0.3, 0.4) is 0 Å². The first kappa shape index (κ1) is 29.0. The molecule has 2 nitrogen and oxygen atoms in total. The van der Waals surface area contributed by atoms with E-state index in [1.807, 2.05) is 120 Å². The summed E-state index contributed by atoms with van der Waals surface area (Å²) >= 11 is 0. The summed E-state index contributed by atoms with van der Waals surface area (Å²) in [5.74, 6) is 0. The largest absolute Gasteiger partial charge is 0.455 e. The summed E-state index contributed by atoms with van der Waals surface area (Å²) in [5, 5.41) is 8.41. The SMILES string of the molecule is [2H]c1c([2H])c(N(c2ccc(/C(C=C)=C/C=C)cc2)c2ccccc2-c2ccc3oc4c5ccccc5ccc4c3c2)c([2H])c([2H])c1-c1ccc2c(ccc3ccccc32)c1. The van der Waals surface area contributed by atoms with E-state index in [-0.39, 0.29) is 35.4 Å². The predicted octanol–water partition coefficient (Wildman–Crippen LogP) is 15.6. The smallest absolute Gasteiger partial charge is 0.143 e. The van der Waals surface area contributed by atoms with Gasteiger partial charge in [-0.2, -0.15) is 0 Å². The van der Waals surface area contributed by atoms with Gasteiger partial charge in [0.2, 0.25) is 0 Å². The Hall–Kier alpha value is -7.42. The predicted molar refractivity (Wildman–Crippen MR) is 240 cm³/mol. The lowest BCUT2D eigenvalue weighted by Crippen LogP contribution is -2.11. The summed E-state index contributed by atoms with van der Waals surface area (Å²) in [4.78, 5) is 1.85. The zero-order chi connectivity index (χ0) is 41.1. The molecule has 0 bridgehead atoms. The highest BCUT2D eigenvalue weighted by Gasteiger charge is 2.19. The molecule has 0 radical (unpaired) electrons. The lowest BCUT2D eigenvalue weighted by molar-refractivity contribution is 0.672. The molecule has 1 heterocycles. The zero-order valence-electron chi connectivity index (χ0n) is 34.5. The summed E-state index contributed by atoms with van der Waals surface area (Å²) in [6.45, 7) is 7.85. The monoisotopic (exact) mass is 719 g/mol. The molecule has 0 spiro atoms. The number of furan rings is 1. The van der Waals surface area contributed by atoms with Gasteiger partial charge in [-0.05, 0) is 109 Å². The Bertz CT molecular complexity index is 3390. The molecule has 10 rings (SSSR count). The van der Waals surface area contributed by atoms with Crippen molar-refractivity contribution in [2.24, 2.45) is 0 Å². The summed E-state index contributed by atoms with van der Waals surface area (Å²) in [5.41, 5.74) is 7.57. The van der Waals surface area contributed by atoms with Crippen LogP contribution in [0.25, 0.3) is 82.1 Å². The maximum atomic E-state index is 9.66. The highest BCUT2D eigenvalue weighted by molar-refractivity contribution is 6.16. The molecule has 0 aliphatic rings. The Balaban J connectivity index is 1.17. The fourth-order valence-corrected chi connectivity index (χ4v) is 7.92. The molecule has 0 amide bonds. The molecule has 2 heteroatoms. The maximum Gasteiger partial charge on any atom is 0.143 e. The Morgan fingerprint density at radius 1 is 0.518 bits per heavy atom. The maximum absolute atomic E-state index is 9.66. The minimum absolute atomic E-state index is 0.119. The van der Waals surface area contributed by atoms with E-state index in [0.29, 0.717) is 16.9 Å². The third-order valence-corrected chi connectivity index (χ3v) is 10.7. The lowest BCUT2D eigenvalue weighted by Gasteiger charge is -2.28. The number of hydrogen-bond acceptors (Lipinski definition) is 2. The molecule has 0 fully saturated rings. The second-order valence-electron chi connectivity index (χ2n) is 13.9. The van der Waals surface area contributed by atoms with Gasteiger partial charge in [0.1, 0.15) is 11.2 Å². The Morgan fingerprint density at radius 2 is 1.18 bits per heavy atom. The molecular formula is C54H37NO. The van der Waals surface area contributed by atoms with Crippen molar-refractivity contribution in [1.82, 2.24) is 0 Å². The second-order valence-corrected chi connectivity index (χ2v) is 13.9. The number of benzene rings is 9. The van der Waals surface area contributed by atoms with E-state index < -0.39 is 0 Å². The molecule has 0 N–H and O–H groups in total. The quantitative estimate of drug-likeness (QED) is 0.115. The Labute approximate surface area is 331 Å². The highest BCUT2D eigenvalue weighted by atomic mass is 16.3. The summed E-state index contributed by atoms with van der Waals surface area (Å²) in [7, 11) is 0. The number of anilines is 3. The van der Waals surface area contributed by atoms with Gasteiger partial charge >= 0.3 is 0 Å². The van der Waals surface area contributed by atoms with Gasteiger partial charge in [-0.15, -0.1) is 0 Å². The zero-order valence-corrected chi connectivity index (χ0v) is 30.5. The molecule has 0 aliphatic carbocycles. The average molecular weight is 720 g/mol. The molecule has 0 saturated heterocycles. The van der Waals surface area contributed by atoms with E-state index in [2.05, 4.69) is 61.7 Å². The van der Waals surface area contributed by atoms with Crippen molar-refractivity contribution in [1.29, 1.82) is 0 Å². The van der Waals surface area contributed by atoms with E-state index in [1.54, 1.807) is 12.2 Å². The molecule has 1 aromatic heterocycles. The van der Waals surface area contributed by atoms with E-state index in [1.165, 1.54) is 0 Å². The van der Waals surface area contributed by atoms with Gasteiger partial charge in [0.05, 0.1) is 11.2 Å². The second kappa shape index (κ2) is 13.8. The van der Waals surface area contributed by atoms with E-state index in [0.717, 1.165) is 76.5 Å². The van der Waals surface area contributed by atoms with Crippen molar-refractivity contribution >= 4 is 76.9 Å². The van der Waals surface area contributed by atoms with Crippen LogP contribution in [0.1, 0.15) is 11.0 Å². The molecule has 0 atom stereocenters. The minimum atomic E-state index is -0.148. The van der Waals surface area contributed by atoms with Crippen LogP contribution in [-0.4, -0.2) is 0 Å². The van der Waals surface area contributed by atoms with Crippen molar-refractivity contribution in [3.05, 3.63) is 219 Å². The minimum Gasteiger partial charge on any atom is -0.455 e. The fraction of sp³-hybridized carbons (Fsp3) is 0. The van der Waals surface area contributed by atoms with Crippen molar-refractivity contribution in [3.8, 4) is 22.3 Å². The van der Waals surface area contributed by atoms with Gasteiger partial charge in [-0.25, -0.2) is 0 Å². The van der Waals surface area contributed by atoms with Gasteiger partial charge in [-0.3, -0.25) is 0 Å². The topological polar surface area (TPSA) is 16.4 Å². The standard InChI is InChI=1S/C54H37NO/c1-3-11-36(4-2)37-20-27-44(28-21-37)55(45-29-22-38(23-30-45)41-25-31-47-42(34-41)19-18-39-12-5-7-14-46(39)47)52-17-10-9-15-48(52)43-26-33-53-51(35-43)50-32-24-40-13-6-8-16-49(40)54(50)56-53/h3-35H,1-2H2/b36-11+/i22D,23D,29D,30D. The summed E-state index contributed by atoms with van der Waals surface area (Å²) < 4.78 is 44.8. The highest BCUT2D eigenvalue weighted by Crippen LogP contribution is 2.44. The van der Waals surface area contributed by atoms with Gasteiger partial charge in [0, 0.05) is 33.1 Å². The number of fused-ring (bicyclic) bond motifs is 8. The fourth-order valence-electron chi connectivity index (χ4n) is 7.92. The number of para-hydroxylation sites is 1. The van der Waals surface area contributed by atoms with Gasteiger partial charge in [0.25, 0.3) is 0 Å². The van der Waals surface area contributed by atoms with Crippen molar-refractivity contribution in [2.75, 3.05) is 4.90 Å². The third-order valence-electron chi connectivity index (χ3n) is 10.7. The van der Waals surface area contributed by atoms with Crippen LogP contribution in [0.15, 0.2) is 218 Å². The number of nitrogens with zero attached hydrogens (tertiary/aromatic N) is 1. The molecule has 264 valence electrons. The number of rotatable bonds is 8. The number of hydrogen-bond donors (Lipinski definition) is 0. The van der Waals surface area contributed by atoms with Gasteiger partial charge < -0.3 is 9.32 Å². The normalized spacial score (nSPS) is 12.8. The van der Waals surface area contributed by atoms with Crippen LogP contribution in [0.4, 0.5) is 17.1 Å². The summed E-state index contributed by atoms with van der Waals surface area (Å²) in [6.07, 6.45) is 5.39. The first-order valence-corrected chi connectivity index (χ1v) is 18.7. The van der Waals surface area contributed by atoms with Crippen LogP contribution in [-0.2, 0) is 0 Å². The average Bonchev–Trinajstić information content (AvgIpc) is 3.68. The molecule has 0 unspecified atom stereocenters. The van der Waals surface area contributed by atoms with Crippen LogP contribution in [0.5, 0.6) is 0 Å². The Kier molecular flexibility index (Phi) is 7.13. The van der Waals surface area contributed by atoms with Crippen LogP contribution >= 0.6 is 0 Å². The third kappa shape index (κ3) is 5.68. The molecule has 56 heavy (non-hydrogen) atoms. The first-order valence-electron chi connectivity index (χ1n) is 20.7. The molecule has 0 saturated carbocycles. The van der Waals surface area contributed by atoms with E-state index >= 15 is 0 Å². The van der Waals surface area contributed by atoms with Crippen LogP contribution in [0, 0.1) is 0 Å². The van der Waals surface area contributed by atoms with Crippen molar-refractivity contribution in [2.45, 2.75) is 0 Å². The number of allylic oxidation sites excluding steroid dienone is 4. The van der Waals surface area contributed by atoms with Crippen molar-refractivity contribution in [3.63, 3.8) is 0 Å². The Morgan fingerprint density at radius 3 is 1.98 bits per heavy atom. The molecular weight excluding hydrogens is 679 g/mol. The van der Waals surface area contributed by atoms with Gasteiger partial charge in [-0.1, -0.05) is 159 Å². The van der Waals surface area contributed by atoms with Gasteiger partial charge in [0.15, 0.2) is 0 Å². The van der Waals surface area contributed by atoms with E-state index in [4.69, 9.17) is 4.42 Å². The van der Waals surface area contributed by atoms with Crippen molar-refractivity contribution < 1.29 is 9.90 Å². The first-order chi connectivity index (χ1) is 29.3. The molecule has 10 aromatic rings. The summed E-state index contributed by atoms with van der Waals surface area (Å²) in [6, 6.07) is 52.0.